The highest BCUT2D eigenvalue weighted by Crippen LogP contribution is 2.25. The van der Waals surface area contributed by atoms with Crippen LogP contribution in [0.5, 0.6) is 0 Å². The van der Waals surface area contributed by atoms with Crippen LogP contribution in [0.4, 0.5) is 4.39 Å². The van der Waals surface area contributed by atoms with Gasteiger partial charge in [-0.2, -0.15) is 4.98 Å². The second kappa shape index (κ2) is 5.90. The first-order valence-corrected chi connectivity index (χ1v) is 7.31. The number of aromatic nitrogens is 2. The molecule has 1 fully saturated rings. The smallest absolute Gasteiger partial charge is 0.243 e. The summed E-state index contributed by atoms with van der Waals surface area (Å²) in [5.41, 5.74) is 0. The van der Waals surface area contributed by atoms with Gasteiger partial charge in [0, 0.05) is 11.4 Å². The Morgan fingerprint density at radius 3 is 3.15 bits per heavy atom. The number of aliphatic hydroxyl groups excluding tert-OH is 1. The normalized spacial score (nSPS) is 22.3. The Kier molecular flexibility index (Phi) is 4.00. The summed E-state index contributed by atoms with van der Waals surface area (Å²) in [7, 11) is 0. The van der Waals surface area contributed by atoms with Crippen LogP contribution in [0.1, 0.15) is 24.2 Å². The van der Waals surface area contributed by atoms with E-state index in [9.17, 15) is 9.50 Å². The molecule has 2 atom stereocenters. The van der Waals surface area contributed by atoms with E-state index in [-0.39, 0.29) is 18.0 Å². The van der Waals surface area contributed by atoms with Gasteiger partial charge in [-0.3, -0.25) is 0 Å². The zero-order valence-electron chi connectivity index (χ0n) is 10.6. The number of thioether (sulfide) groups is 1. The molecule has 0 radical (unpaired) electrons. The summed E-state index contributed by atoms with van der Waals surface area (Å²) in [5.74, 6) is 1.32. The van der Waals surface area contributed by atoms with Crippen molar-refractivity contribution in [3.63, 3.8) is 0 Å². The summed E-state index contributed by atoms with van der Waals surface area (Å²) in [6.07, 6.45) is 0.218. The van der Waals surface area contributed by atoms with Crippen LogP contribution in [0.15, 0.2) is 33.7 Å². The average molecular weight is 295 g/mol. The molecule has 0 spiro atoms. The first-order valence-electron chi connectivity index (χ1n) is 6.33. The van der Waals surface area contributed by atoms with Gasteiger partial charge < -0.3 is 14.9 Å². The molecule has 20 heavy (non-hydrogen) atoms. The zero-order chi connectivity index (χ0) is 13.9. The van der Waals surface area contributed by atoms with Crippen LogP contribution in [0.2, 0.25) is 0 Å². The van der Waals surface area contributed by atoms with Gasteiger partial charge in [0.05, 0.1) is 17.9 Å². The third-order valence-electron chi connectivity index (χ3n) is 3.05. The summed E-state index contributed by atoms with van der Waals surface area (Å²) in [5, 5.41) is 16.5. The van der Waals surface area contributed by atoms with Crippen molar-refractivity contribution in [2.24, 2.45) is 0 Å². The number of hydrogen-bond donors (Lipinski definition) is 2. The fourth-order valence-corrected chi connectivity index (χ4v) is 2.86. The summed E-state index contributed by atoms with van der Waals surface area (Å²) in [4.78, 5) is 5.12. The Bertz CT molecular complexity index is 593. The highest BCUT2D eigenvalue weighted by molar-refractivity contribution is 7.98. The van der Waals surface area contributed by atoms with Crippen LogP contribution in [0.25, 0.3) is 0 Å². The molecule has 2 aromatic rings. The minimum atomic E-state index is -0.364. The minimum Gasteiger partial charge on any atom is -0.392 e. The van der Waals surface area contributed by atoms with Gasteiger partial charge in [0.15, 0.2) is 5.82 Å². The van der Waals surface area contributed by atoms with Gasteiger partial charge in [0.1, 0.15) is 5.82 Å². The molecule has 5 nitrogen and oxygen atoms in total. The second-order valence-corrected chi connectivity index (χ2v) is 5.69. The monoisotopic (exact) mass is 295 g/mol. The van der Waals surface area contributed by atoms with Crippen molar-refractivity contribution in [1.82, 2.24) is 15.5 Å². The number of nitrogens with zero attached hydrogens (tertiary/aromatic N) is 2. The highest BCUT2D eigenvalue weighted by Gasteiger charge is 2.27. The number of β-amino-alcohol motifs (C(OH)–C–C–N with tert-alkyl or cyclic N) is 1. The summed E-state index contributed by atoms with van der Waals surface area (Å²) in [6.45, 7) is 0.542. The molecule has 2 heterocycles. The van der Waals surface area contributed by atoms with Gasteiger partial charge in [0.2, 0.25) is 5.89 Å². The lowest BCUT2D eigenvalue weighted by atomic mass is 10.2. The molecule has 7 heteroatoms. The van der Waals surface area contributed by atoms with Crippen molar-refractivity contribution in [1.29, 1.82) is 0 Å². The van der Waals surface area contributed by atoms with Crippen molar-refractivity contribution < 1.29 is 14.0 Å². The van der Waals surface area contributed by atoms with Crippen LogP contribution in [0, 0.1) is 5.82 Å². The summed E-state index contributed by atoms with van der Waals surface area (Å²) < 4.78 is 18.2. The maximum atomic E-state index is 13.0. The van der Waals surface area contributed by atoms with Gasteiger partial charge in [-0.15, -0.1) is 11.8 Å². The quantitative estimate of drug-likeness (QED) is 0.839. The van der Waals surface area contributed by atoms with Crippen LogP contribution < -0.4 is 5.32 Å². The Labute approximate surface area is 119 Å². The first kappa shape index (κ1) is 13.5. The molecule has 3 rings (SSSR count). The molecule has 1 aromatic carbocycles. The molecular formula is C13H14FN3O2S. The number of benzene rings is 1. The van der Waals surface area contributed by atoms with E-state index in [1.807, 2.05) is 6.07 Å². The predicted molar refractivity (Wildman–Crippen MR) is 71.6 cm³/mol. The number of halogens is 1. The van der Waals surface area contributed by atoms with Crippen LogP contribution >= 0.6 is 11.8 Å². The lowest BCUT2D eigenvalue weighted by Crippen LogP contribution is -2.15. The van der Waals surface area contributed by atoms with Crippen LogP contribution in [0.3, 0.4) is 0 Å². The minimum absolute atomic E-state index is 0.0783. The average Bonchev–Trinajstić information content (AvgIpc) is 3.05. The first-order chi connectivity index (χ1) is 9.70. The zero-order valence-corrected chi connectivity index (χ0v) is 11.4. The van der Waals surface area contributed by atoms with E-state index < -0.39 is 0 Å². The predicted octanol–water partition coefficient (Wildman–Crippen LogP) is 1.90. The Hall–Kier alpha value is -1.44. The molecule has 0 bridgehead atoms. The van der Waals surface area contributed by atoms with Gasteiger partial charge in [-0.1, -0.05) is 11.2 Å². The molecule has 1 aromatic heterocycles. The van der Waals surface area contributed by atoms with Gasteiger partial charge in [0.25, 0.3) is 0 Å². The third-order valence-corrected chi connectivity index (χ3v) is 4.04. The van der Waals surface area contributed by atoms with E-state index in [4.69, 9.17) is 4.52 Å². The summed E-state index contributed by atoms with van der Waals surface area (Å²) >= 11 is 1.45. The van der Waals surface area contributed by atoms with E-state index in [2.05, 4.69) is 15.5 Å². The second-order valence-electron chi connectivity index (χ2n) is 4.65. The maximum absolute atomic E-state index is 13.0. The van der Waals surface area contributed by atoms with E-state index in [1.54, 1.807) is 6.07 Å². The van der Waals surface area contributed by atoms with Gasteiger partial charge in [-0.05, 0) is 24.6 Å². The molecule has 2 N–H and O–H groups in total. The molecule has 0 amide bonds. The summed E-state index contributed by atoms with van der Waals surface area (Å²) in [6, 6.07) is 6.31. The largest absolute Gasteiger partial charge is 0.392 e. The molecule has 0 unspecified atom stereocenters. The van der Waals surface area contributed by atoms with E-state index in [0.29, 0.717) is 30.4 Å². The molecule has 1 aliphatic heterocycles. The number of nitrogens with one attached hydrogen (secondary N) is 1. The molecule has 1 saturated heterocycles. The van der Waals surface area contributed by atoms with E-state index >= 15 is 0 Å². The fraction of sp³-hybridized carbons (Fsp3) is 0.385. The number of hydrogen-bond acceptors (Lipinski definition) is 6. The lowest BCUT2D eigenvalue weighted by molar-refractivity contribution is 0.191. The SMILES string of the molecule is O[C@H]1CN[C@H](c2nc(CSc3cccc(F)c3)no2)C1. The topological polar surface area (TPSA) is 71.2 Å². The molecular weight excluding hydrogens is 281 g/mol. The Balaban J connectivity index is 1.60. The van der Waals surface area contributed by atoms with Crippen LogP contribution in [-0.2, 0) is 5.75 Å². The van der Waals surface area contributed by atoms with E-state index in [0.717, 1.165) is 4.90 Å². The molecule has 106 valence electrons. The van der Waals surface area contributed by atoms with Crippen molar-refractivity contribution in [2.75, 3.05) is 6.54 Å². The van der Waals surface area contributed by atoms with E-state index in [1.165, 1.54) is 23.9 Å². The standard InChI is InChI=1S/C13H14FN3O2S/c14-8-2-1-3-10(4-8)20-7-12-16-13(19-17-12)11-5-9(18)6-15-11/h1-4,9,11,15,18H,5-7H2/t9-,11+/m1/s1. The van der Waals surface area contributed by atoms with Crippen molar-refractivity contribution in [2.45, 2.75) is 29.2 Å². The lowest BCUT2D eigenvalue weighted by Gasteiger charge is -2.01. The van der Waals surface area contributed by atoms with Crippen LogP contribution in [-0.4, -0.2) is 27.9 Å². The maximum Gasteiger partial charge on any atom is 0.243 e. The Morgan fingerprint density at radius 2 is 2.40 bits per heavy atom. The van der Waals surface area contributed by atoms with Crippen molar-refractivity contribution >= 4 is 11.8 Å². The van der Waals surface area contributed by atoms with Crippen molar-refractivity contribution in [3.05, 3.63) is 41.8 Å². The number of rotatable bonds is 4. The fourth-order valence-electron chi connectivity index (χ4n) is 2.08. The third kappa shape index (κ3) is 3.17. The Morgan fingerprint density at radius 1 is 1.50 bits per heavy atom. The number of aliphatic hydroxyl groups is 1. The van der Waals surface area contributed by atoms with Crippen molar-refractivity contribution in [3.8, 4) is 0 Å². The van der Waals surface area contributed by atoms with Gasteiger partial charge >= 0.3 is 0 Å². The highest BCUT2D eigenvalue weighted by atomic mass is 32.2. The van der Waals surface area contributed by atoms with Gasteiger partial charge in [-0.25, -0.2) is 4.39 Å². The molecule has 1 aliphatic rings. The molecule has 0 saturated carbocycles. The molecule has 0 aliphatic carbocycles.